The van der Waals surface area contributed by atoms with E-state index in [0.717, 1.165) is 18.9 Å². The number of ether oxygens (including phenoxy) is 1. The quantitative estimate of drug-likeness (QED) is 0.741. The lowest BCUT2D eigenvalue weighted by molar-refractivity contribution is 0.102. The Morgan fingerprint density at radius 2 is 1.96 bits per heavy atom. The number of carbonyl (C=O) groups excluding carboxylic acids is 1. The zero-order valence-electron chi connectivity index (χ0n) is 13.6. The molecular weight excluding hydrogens is 376 g/mol. The van der Waals surface area contributed by atoms with E-state index in [1.165, 1.54) is 12.8 Å². The highest BCUT2D eigenvalue weighted by molar-refractivity contribution is 7.73. The molecule has 0 bridgehead atoms. The summed E-state index contributed by atoms with van der Waals surface area (Å²) in [5.41, 5.74) is 1.13. The maximum absolute atomic E-state index is 12.3. The van der Waals surface area contributed by atoms with Gasteiger partial charge in [-0.1, -0.05) is 20.5 Å². The smallest absolute Gasteiger partial charge is 0.257 e. The molecule has 1 saturated heterocycles. The predicted molar refractivity (Wildman–Crippen MR) is 108 cm³/mol. The second-order valence-electron chi connectivity index (χ2n) is 5.73. The second-order valence-corrected chi connectivity index (χ2v) is 8.44. The second kappa shape index (κ2) is 8.80. The summed E-state index contributed by atoms with van der Waals surface area (Å²) in [6.07, 6.45) is 4.03. The minimum Gasteiger partial charge on any atom is -0.481 e. The molecule has 132 valence electrons. The number of rotatable bonds is 6. The Morgan fingerprint density at radius 1 is 1.24 bits per heavy atom. The van der Waals surface area contributed by atoms with Crippen molar-refractivity contribution in [2.45, 2.75) is 18.4 Å². The average molecular weight is 396 g/mol. The van der Waals surface area contributed by atoms with Gasteiger partial charge in [0.1, 0.15) is 17.2 Å². The number of benzene rings is 1. The summed E-state index contributed by atoms with van der Waals surface area (Å²) in [6, 6.07) is 10.9. The summed E-state index contributed by atoms with van der Waals surface area (Å²) in [6.45, 7) is 2.07. The molecule has 3 rings (SSSR count). The Labute approximate surface area is 156 Å². The van der Waals surface area contributed by atoms with Crippen molar-refractivity contribution in [2.24, 2.45) is 0 Å². The topological polar surface area (TPSA) is 54.5 Å². The molecule has 1 amide bonds. The van der Waals surface area contributed by atoms with E-state index in [0.29, 0.717) is 17.0 Å². The maximum atomic E-state index is 12.3. The molecule has 0 aliphatic carbocycles. The monoisotopic (exact) mass is 395 g/mol. The first-order chi connectivity index (χ1) is 12.2. The zero-order chi connectivity index (χ0) is 17.6. The average Bonchev–Trinajstić information content (AvgIpc) is 3.18. The Kier molecular flexibility index (Phi) is 6.47. The van der Waals surface area contributed by atoms with Crippen molar-refractivity contribution >= 4 is 45.8 Å². The first-order valence-corrected chi connectivity index (χ1v) is 10.8. The Balaban J connectivity index is 1.59. The van der Waals surface area contributed by atoms with Crippen LogP contribution in [-0.4, -0.2) is 29.6 Å². The van der Waals surface area contributed by atoms with Gasteiger partial charge in [-0.25, -0.2) is 4.98 Å². The summed E-state index contributed by atoms with van der Waals surface area (Å²) < 4.78 is 5.59. The first kappa shape index (κ1) is 18.4. The van der Waals surface area contributed by atoms with Gasteiger partial charge < -0.3 is 15.0 Å². The van der Waals surface area contributed by atoms with Crippen LogP contribution in [0.1, 0.15) is 23.2 Å². The predicted octanol–water partition coefficient (Wildman–Crippen LogP) is 4.30. The van der Waals surface area contributed by atoms with E-state index in [1.807, 2.05) is 12.1 Å². The summed E-state index contributed by atoms with van der Waals surface area (Å²) in [5, 5.41) is 2.86. The van der Waals surface area contributed by atoms with E-state index in [2.05, 4.69) is 24.4 Å². The molecule has 2 heterocycles. The van der Waals surface area contributed by atoms with E-state index < -0.39 is 0 Å². The van der Waals surface area contributed by atoms with Crippen molar-refractivity contribution < 1.29 is 9.53 Å². The van der Waals surface area contributed by atoms with Gasteiger partial charge in [-0.05, 0) is 49.2 Å². The van der Waals surface area contributed by atoms with Crippen LogP contribution in [0.3, 0.4) is 0 Å². The lowest BCUT2D eigenvalue weighted by Crippen LogP contribution is -2.19. The standard InChI is InChI=1S/C17H20ClN3O2P2/c18-25-17(24)23-14-6-4-13(5-7-14)20-16(22)12-3-8-15(19-11-12)21-9-1-2-10-21/h3-8,11,17,25H,1-2,9-10,24H2,(H,20,22). The molecule has 1 aliphatic rings. The molecular formula is C17H20ClN3O2P2. The molecule has 3 unspecified atom stereocenters. The number of carbonyl (C=O) groups is 1. The number of pyridine rings is 1. The molecule has 5 nitrogen and oxygen atoms in total. The molecule has 0 saturated carbocycles. The number of anilines is 2. The number of aromatic nitrogens is 1. The van der Waals surface area contributed by atoms with Crippen LogP contribution >= 0.6 is 28.4 Å². The van der Waals surface area contributed by atoms with Gasteiger partial charge in [-0.3, -0.25) is 4.79 Å². The van der Waals surface area contributed by atoms with Crippen LogP contribution < -0.4 is 15.0 Å². The van der Waals surface area contributed by atoms with Gasteiger partial charge in [-0.2, -0.15) is 0 Å². The van der Waals surface area contributed by atoms with Crippen LogP contribution in [0, 0.1) is 0 Å². The Morgan fingerprint density at radius 3 is 2.56 bits per heavy atom. The van der Waals surface area contributed by atoms with E-state index in [1.54, 1.807) is 30.5 Å². The molecule has 1 aromatic heterocycles. The summed E-state index contributed by atoms with van der Waals surface area (Å²) in [7, 11) is 2.70. The van der Waals surface area contributed by atoms with Crippen molar-refractivity contribution in [2.75, 3.05) is 23.3 Å². The molecule has 25 heavy (non-hydrogen) atoms. The van der Waals surface area contributed by atoms with Gasteiger partial charge in [0.15, 0.2) is 0 Å². The van der Waals surface area contributed by atoms with Crippen LogP contribution in [0.25, 0.3) is 0 Å². The van der Waals surface area contributed by atoms with E-state index >= 15 is 0 Å². The zero-order valence-corrected chi connectivity index (χ0v) is 16.5. The molecule has 0 radical (unpaired) electrons. The SMILES string of the molecule is O=C(Nc1ccc(OC(P)PCl)cc1)c1ccc(N2CCCC2)nc1. The number of hydrogen-bond donors (Lipinski definition) is 1. The van der Waals surface area contributed by atoms with Crippen LogP contribution in [0.4, 0.5) is 11.5 Å². The largest absolute Gasteiger partial charge is 0.481 e. The minimum atomic E-state index is -0.180. The van der Waals surface area contributed by atoms with E-state index in [9.17, 15) is 4.79 Å². The summed E-state index contributed by atoms with van der Waals surface area (Å²) in [4.78, 5) is 19.0. The van der Waals surface area contributed by atoms with Gasteiger partial charge in [0.05, 0.1) is 5.56 Å². The molecule has 1 aromatic carbocycles. The van der Waals surface area contributed by atoms with Gasteiger partial charge in [0.2, 0.25) is 0 Å². The van der Waals surface area contributed by atoms with Crippen molar-refractivity contribution in [3.8, 4) is 5.75 Å². The van der Waals surface area contributed by atoms with Crippen LogP contribution in [0.2, 0.25) is 0 Å². The molecule has 1 aliphatic heterocycles. The number of halogens is 1. The van der Waals surface area contributed by atoms with Crippen molar-refractivity contribution in [1.29, 1.82) is 0 Å². The summed E-state index contributed by atoms with van der Waals surface area (Å²) in [5.74, 6) is 1.46. The normalized spacial score (nSPS) is 15.5. The Hall–Kier alpha value is -1.41. The first-order valence-electron chi connectivity index (χ1n) is 8.06. The van der Waals surface area contributed by atoms with E-state index in [-0.39, 0.29) is 19.4 Å². The lowest BCUT2D eigenvalue weighted by atomic mass is 10.2. The molecule has 8 heteroatoms. The van der Waals surface area contributed by atoms with Gasteiger partial charge in [0, 0.05) is 32.9 Å². The summed E-state index contributed by atoms with van der Waals surface area (Å²) >= 11 is 5.74. The molecule has 2 aromatic rings. The van der Waals surface area contributed by atoms with Crippen molar-refractivity contribution in [1.82, 2.24) is 4.98 Å². The maximum Gasteiger partial charge on any atom is 0.257 e. The fourth-order valence-electron chi connectivity index (χ4n) is 2.64. The number of amides is 1. The fourth-order valence-corrected chi connectivity index (χ4v) is 3.11. The van der Waals surface area contributed by atoms with Gasteiger partial charge >= 0.3 is 0 Å². The fraction of sp³-hybridized carbons (Fsp3) is 0.294. The number of nitrogens with one attached hydrogen (secondary N) is 1. The van der Waals surface area contributed by atoms with Crippen LogP contribution in [0.15, 0.2) is 42.6 Å². The van der Waals surface area contributed by atoms with Gasteiger partial charge in [-0.15, -0.1) is 0 Å². The third-order valence-electron chi connectivity index (χ3n) is 3.92. The number of hydrogen-bond acceptors (Lipinski definition) is 4. The molecule has 1 N–H and O–H groups in total. The van der Waals surface area contributed by atoms with Crippen LogP contribution in [0.5, 0.6) is 5.75 Å². The highest BCUT2D eigenvalue weighted by Gasteiger charge is 2.14. The Bertz CT molecular complexity index is 707. The van der Waals surface area contributed by atoms with Crippen LogP contribution in [-0.2, 0) is 0 Å². The van der Waals surface area contributed by atoms with E-state index in [4.69, 9.17) is 16.0 Å². The third-order valence-corrected chi connectivity index (χ3v) is 6.17. The third kappa shape index (κ3) is 5.04. The lowest BCUT2D eigenvalue weighted by Gasteiger charge is -2.16. The van der Waals surface area contributed by atoms with Crippen molar-refractivity contribution in [3.63, 3.8) is 0 Å². The highest BCUT2D eigenvalue weighted by atomic mass is 35.7. The molecule has 3 atom stereocenters. The van der Waals surface area contributed by atoms with Crippen molar-refractivity contribution in [3.05, 3.63) is 48.2 Å². The molecule has 0 spiro atoms. The van der Waals surface area contributed by atoms with Gasteiger partial charge in [0.25, 0.3) is 5.91 Å². The highest BCUT2D eigenvalue weighted by Crippen LogP contribution is 2.31. The molecule has 1 fully saturated rings. The minimum absolute atomic E-state index is 0.109. The number of nitrogens with zero attached hydrogens (tertiary/aromatic N) is 2.